The van der Waals surface area contributed by atoms with Gasteiger partial charge in [0.25, 0.3) is 0 Å². The first-order valence-corrected chi connectivity index (χ1v) is 11.2. The van der Waals surface area contributed by atoms with Crippen molar-refractivity contribution in [3.05, 3.63) is 35.9 Å². The van der Waals surface area contributed by atoms with Crippen molar-refractivity contribution in [2.75, 3.05) is 13.2 Å². The number of hydrogen-bond acceptors (Lipinski definition) is 5. The number of hydrogen-bond donors (Lipinski definition) is 1. The lowest BCUT2D eigenvalue weighted by molar-refractivity contribution is -0.126. The quantitative estimate of drug-likeness (QED) is 0.750. The molecule has 170 valence electrons. The van der Waals surface area contributed by atoms with E-state index in [1.54, 1.807) is 0 Å². The number of aliphatic imine (C=N–C) groups is 1. The number of nitrogens with one attached hydrogen (secondary N) is 1. The average Bonchev–Trinajstić information content (AvgIpc) is 3.35. The first-order chi connectivity index (χ1) is 14.6. The number of amides is 2. The van der Waals surface area contributed by atoms with Gasteiger partial charge in [-0.3, -0.25) is 9.69 Å². The summed E-state index contributed by atoms with van der Waals surface area (Å²) in [6.07, 6.45) is 1.77. The predicted molar refractivity (Wildman–Crippen MR) is 120 cm³/mol. The van der Waals surface area contributed by atoms with Crippen molar-refractivity contribution in [2.45, 2.75) is 77.6 Å². The molecule has 1 N–H and O–H groups in total. The molecule has 2 heterocycles. The zero-order valence-electron chi connectivity index (χ0n) is 19.3. The highest BCUT2D eigenvalue weighted by Gasteiger charge is 2.39. The summed E-state index contributed by atoms with van der Waals surface area (Å²) in [4.78, 5) is 31.9. The summed E-state index contributed by atoms with van der Waals surface area (Å²) in [5.41, 5.74) is 0.617. The van der Waals surface area contributed by atoms with Crippen LogP contribution in [0, 0.1) is 5.92 Å². The molecule has 1 fully saturated rings. The Morgan fingerprint density at radius 1 is 1.26 bits per heavy atom. The maximum absolute atomic E-state index is 13.1. The molecule has 7 heteroatoms. The monoisotopic (exact) mass is 429 g/mol. The molecular formula is C24H35N3O4. The molecule has 2 amide bonds. The van der Waals surface area contributed by atoms with Crippen molar-refractivity contribution in [3.8, 4) is 0 Å². The molecule has 2 aliphatic rings. The SMILES string of the molecule is CC(C)[C@H](NC(=O)[C@H]1CCCN1C(=O)OC(C)(C)C)C1=N[C@@H](Cc2ccccc2)CO1. The van der Waals surface area contributed by atoms with Gasteiger partial charge in [0, 0.05) is 6.54 Å². The summed E-state index contributed by atoms with van der Waals surface area (Å²) < 4.78 is 11.4. The lowest BCUT2D eigenvalue weighted by Gasteiger charge is -2.29. The van der Waals surface area contributed by atoms with Crippen molar-refractivity contribution in [3.63, 3.8) is 0 Å². The normalized spacial score (nSPS) is 22.1. The van der Waals surface area contributed by atoms with Gasteiger partial charge in [0.2, 0.25) is 11.8 Å². The molecular weight excluding hydrogens is 394 g/mol. The van der Waals surface area contributed by atoms with E-state index in [1.165, 1.54) is 10.5 Å². The highest BCUT2D eigenvalue weighted by Crippen LogP contribution is 2.22. The van der Waals surface area contributed by atoms with Gasteiger partial charge in [-0.2, -0.15) is 0 Å². The molecule has 0 unspecified atom stereocenters. The van der Waals surface area contributed by atoms with Crippen LogP contribution < -0.4 is 5.32 Å². The van der Waals surface area contributed by atoms with Crippen molar-refractivity contribution in [2.24, 2.45) is 10.9 Å². The summed E-state index contributed by atoms with van der Waals surface area (Å²) in [7, 11) is 0. The van der Waals surface area contributed by atoms with E-state index in [0.29, 0.717) is 25.5 Å². The van der Waals surface area contributed by atoms with Crippen LogP contribution in [0.3, 0.4) is 0 Å². The lowest BCUT2D eigenvalue weighted by atomic mass is 10.0. The Hall–Kier alpha value is -2.57. The third-order valence-corrected chi connectivity index (χ3v) is 5.46. The van der Waals surface area contributed by atoms with Crippen molar-refractivity contribution in [1.29, 1.82) is 0 Å². The third-order valence-electron chi connectivity index (χ3n) is 5.46. The third kappa shape index (κ3) is 6.21. The van der Waals surface area contributed by atoms with Crippen molar-refractivity contribution in [1.82, 2.24) is 10.2 Å². The molecule has 3 atom stereocenters. The van der Waals surface area contributed by atoms with E-state index in [9.17, 15) is 9.59 Å². The van der Waals surface area contributed by atoms with E-state index in [2.05, 4.69) is 17.4 Å². The number of benzene rings is 1. The van der Waals surface area contributed by atoms with E-state index in [4.69, 9.17) is 14.5 Å². The molecule has 1 saturated heterocycles. The molecule has 0 aliphatic carbocycles. The number of ether oxygens (including phenoxy) is 2. The molecule has 0 saturated carbocycles. The van der Waals surface area contributed by atoms with Crippen LogP contribution in [0.25, 0.3) is 0 Å². The minimum absolute atomic E-state index is 0.0419. The summed E-state index contributed by atoms with van der Waals surface area (Å²) in [6.45, 7) is 10.6. The van der Waals surface area contributed by atoms with Crippen LogP contribution in [0.1, 0.15) is 53.0 Å². The van der Waals surface area contributed by atoms with Gasteiger partial charge < -0.3 is 14.8 Å². The fraction of sp³-hybridized carbons (Fsp3) is 0.625. The maximum atomic E-state index is 13.1. The van der Waals surface area contributed by atoms with Gasteiger partial charge in [-0.25, -0.2) is 9.79 Å². The van der Waals surface area contributed by atoms with Gasteiger partial charge in [0.05, 0.1) is 6.04 Å². The van der Waals surface area contributed by atoms with E-state index in [0.717, 1.165) is 12.8 Å². The van der Waals surface area contributed by atoms with Crippen LogP contribution in [0.2, 0.25) is 0 Å². The van der Waals surface area contributed by atoms with E-state index >= 15 is 0 Å². The van der Waals surface area contributed by atoms with Crippen molar-refractivity contribution < 1.29 is 19.1 Å². The van der Waals surface area contributed by atoms with Gasteiger partial charge in [0.1, 0.15) is 24.3 Å². The molecule has 0 aromatic heterocycles. The second-order valence-corrected chi connectivity index (χ2v) is 9.68. The zero-order valence-corrected chi connectivity index (χ0v) is 19.3. The van der Waals surface area contributed by atoms with E-state index in [1.807, 2.05) is 52.8 Å². The zero-order chi connectivity index (χ0) is 22.6. The first kappa shape index (κ1) is 23.1. The summed E-state index contributed by atoms with van der Waals surface area (Å²) >= 11 is 0. The van der Waals surface area contributed by atoms with Gasteiger partial charge in [-0.15, -0.1) is 0 Å². The number of nitrogens with zero attached hydrogens (tertiary/aromatic N) is 2. The fourth-order valence-corrected chi connectivity index (χ4v) is 3.94. The second-order valence-electron chi connectivity index (χ2n) is 9.68. The molecule has 0 bridgehead atoms. The number of carbonyl (C=O) groups is 2. The Labute approximate surface area is 185 Å². The predicted octanol–water partition coefficient (Wildman–Crippen LogP) is 3.57. The molecule has 2 aliphatic heterocycles. The largest absolute Gasteiger partial charge is 0.477 e. The Balaban J connectivity index is 1.65. The number of likely N-dealkylation sites (tertiary alicyclic amines) is 1. The van der Waals surface area contributed by atoms with Crippen LogP contribution >= 0.6 is 0 Å². The second kappa shape index (κ2) is 9.71. The molecule has 31 heavy (non-hydrogen) atoms. The topological polar surface area (TPSA) is 80.2 Å². The van der Waals surface area contributed by atoms with Gasteiger partial charge in [-0.05, 0) is 51.5 Å². The van der Waals surface area contributed by atoms with Crippen LogP contribution in [0.5, 0.6) is 0 Å². The van der Waals surface area contributed by atoms with Crippen LogP contribution in [0.15, 0.2) is 35.3 Å². The molecule has 1 aromatic rings. The maximum Gasteiger partial charge on any atom is 0.410 e. The molecule has 7 nitrogen and oxygen atoms in total. The smallest absolute Gasteiger partial charge is 0.410 e. The highest BCUT2D eigenvalue weighted by molar-refractivity contribution is 5.92. The minimum Gasteiger partial charge on any atom is -0.477 e. The standard InChI is InChI=1S/C24H35N3O4/c1-16(2)20(22-25-18(15-30-22)14-17-10-7-6-8-11-17)26-21(28)19-12-9-13-27(19)23(29)31-24(3,4)5/h6-8,10-11,16,18-20H,9,12-15H2,1-5H3,(H,26,28)/t18-,19+,20-/m0/s1. The van der Waals surface area contributed by atoms with E-state index in [-0.39, 0.29) is 23.9 Å². The lowest BCUT2D eigenvalue weighted by Crippen LogP contribution is -2.53. The highest BCUT2D eigenvalue weighted by atomic mass is 16.6. The first-order valence-electron chi connectivity index (χ1n) is 11.2. The Bertz CT molecular complexity index is 801. The molecule has 0 radical (unpaired) electrons. The van der Waals surface area contributed by atoms with Crippen LogP contribution in [-0.4, -0.2) is 59.7 Å². The molecule has 0 spiro atoms. The number of rotatable bonds is 6. The van der Waals surface area contributed by atoms with Crippen LogP contribution in [0.4, 0.5) is 4.79 Å². The van der Waals surface area contributed by atoms with Gasteiger partial charge >= 0.3 is 6.09 Å². The average molecular weight is 430 g/mol. The fourth-order valence-electron chi connectivity index (χ4n) is 3.94. The van der Waals surface area contributed by atoms with Crippen molar-refractivity contribution >= 4 is 17.9 Å². The van der Waals surface area contributed by atoms with Crippen LogP contribution in [-0.2, 0) is 20.7 Å². The Morgan fingerprint density at radius 3 is 2.61 bits per heavy atom. The summed E-state index contributed by atoms with van der Waals surface area (Å²) in [6, 6.07) is 9.39. The van der Waals surface area contributed by atoms with Gasteiger partial charge in [-0.1, -0.05) is 44.2 Å². The minimum atomic E-state index is -0.596. The number of carbonyl (C=O) groups excluding carboxylic acids is 2. The van der Waals surface area contributed by atoms with E-state index < -0.39 is 17.7 Å². The molecule has 3 rings (SSSR count). The summed E-state index contributed by atoms with van der Waals surface area (Å²) in [5, 5.41) is 3.09. The Kier molecular flexibility index (Phi) is 7.23. The van der Waals surface area contributed by atoms with Gasteiger partial charge in [0.15, 0.2) is 0 Å². The summed E-state index contributed by atoms with van der Waals surface area (Å²) in [5.74, 6) is 0.500. The molecule has 1 aromatic carbocycles. The Morgan fingerprint density at radius 2 is 1.97 bits per heavy atom.